The molecule has 2 amide bonds. The summed E-state index contributed by atoms with van der Waals surface area (Å²) in [6.07, 6.45) is 7.77. The molecule has 1 saturated carbocycles. The first-order valence-electron chi connectivity index (χ1n) is 13.4. The maximum Gasteiger partial charge on any atom is 0.408 e. The third-order valence-corrected chi connectivity index (χ3v) is 8.15. The standard InChI is InChI=1S/C28H45N3O4S/c1-28(2,3)35-27(33)30-25(20-36-19-22-8-6-5-7-9-22)26(32)29-23-14-16-31(17-15-23)18-21-10-12-24(34-4)13-11-21/h10-13,22-23,25H,5-9,14-20H2,1-4H3,(H,29,32)(H,30,33)/t25-/m0/s1. The smallest absolute Gasteiger partial charge is 0.408 e. The Morgan fingerprint density at radius 1 is 1.06 bits per heavy atom. The number of nitrogens with one attached hydrogen (secondary N) is 2. The van der Waals surface area contributed by atoms with E-state index >= 15 is 0 Å². The minimum Gasteiger partial charge on any atom is -0.497 e. The van der Waals surface area contributed by atoms with E-state index in [1.54, 1.807) is 18.9 Å². The van der Waals surface area contributed by atoms with Gasteiger partial charge in [-0.2, -0.15) is 11.8 Å². The predicted molar refractivity (Wildman–Crippen MR) is 146 cm³/mol. The molecule has 2 N–H and O–H groups in total. The van der Waals surface area contributed by atoms with Crippen molar-refractivity contribution in [3.63, 3.8) is 0 Å². The summed E-state index contributed by atoms with van der Waals surface area (Å²) in [7, 11) is 1.68. The van der Waals surface area contributed by atoms with Crippen LogP contribution in [0.4, 0.5) is 4.79 Å². The second kappa shape index (κ2) is 14.1. The fourth-order valence-corrected chi connectivity index (χ4v) is 6.14. The summed E-state index contributed by atoms with van der Waals surface area (Å²) >= 11 is 1.77. The maximum absolute atomic E-state index is 13.2. The van der Waals surface area contributed by atoms with Gasteiger partial charge in [0.25, 0.3) is 0 Å². The summed E-state index contributed by atoms with van der Waals surface area (Å²) < 4.78 is 10.7. The van der Waals surface area contributed by atoms with Crippen LogP contribution < -0.4 is 15.4 Å². The number of nitrogens with zero attached hydrogens (tertiary/aromatic N) is 1. The SMILES string of the molecule is COc1ccc(CN2CCC(NC(=O)[C@H](CSCC3CCCCC3)NC(=O)OC(C)(C)C)CC2)cc1. The minimum absolute atomic E-state index is 0.106. The van der Waals surface area contributed by atoms with Gasteiger partial charge in [0.05, 0.1) is 7.11 Å². The van der Waals surface area contributed by atoms with Gasteiger partial charge in [-0.05, 0) is 75.8 Å². The van der Waals surface area contributed by atoms with Crippen molar-refractivity contribution in [2.45, 2.75) is 89.9 Å². The summed E-state index contributed by atoms with van der Waals surface area (Å²) in [5.41, 5.74) is 0.659. The zero-order valence-electron chi connectivity index (χ0n) is 22.5. The number of carbonyl (C=O) groups excluding carboxylic acids is 2. The Morgan fingerprint density at radius 3 is 2.33 bits per heavy atom. The van der Waals surface area contributed by atoms with Crippen molar-refractivity contribution in [2.24, 2.45) is 5.92 Å². The van der Waals surface area contributed by atoms with E-state index in [-0.39, 0.29) is 11.9 Å². The molecule has 1 aliphatic carbocycles. The lowest BCUT2D eigenvalue weighted by Crippen LogP contribution is -2.53. The number of alkyl carbamates (subject to hydrolysis) is 1. The third-order valence-electron chi connectivity index (χ3n) is 6.87. The average Bonchev–Trinajstić information content (AvgIpc) is 2.84. The number of ether oxygens (including phenoxy) is 2. The zero-order chi connectivity index (χ0) is 26.0. The van der Waals surface area contributed by atoms with Gasteiger partial charge >= 0.3 is 6.09 Å². The van der Waals surface area contributed by atoms with Crippen LogP contribution in [0.3, 0.4) is 0 Å². The molecule has 1 aromatic carbocycles. The normalized spacial score (nSPS) is 18.9. The molecule has 0 radical (unpaired) electrons. The highest BCUT2D eigenvalue weighted by atomic mass is 32.2. The minimum atomic E-state index is -0.600. The number of likely N-dealkylation sites (tertiary alicyclic amines) is 1. The van der Waals surface area contributed by atoms with Crippen LogP contribution in [0.1, 0.15) is 71.3 Å². The molecule has 1 aromatic rings. The molecule has 7 nitrogen and oxygen atoms in total. The van der Waals surface area contributed by atoms with E-state index in [0.717, 1.165) is 49.9 Å². The molecular formula is C28H45N3O4S. The molecule has 2 aliphatic rings. The van der Waals surface area contributed by atoms with Gasteiger partial charge in [0.15, 0.2) is 0 Å². The molecule has 0 aromatic heterocycles. The fourth-order valence-electron chi connectivity index (χ4n) is 4.87. The number of carbonyl (C=O) groups is 2. The van der Waals surface area contributed by atoms with Crippen molar-refractivity contribution >= 4 is 23.8 Å². The summed E-state index contributed by atoms with van der Waals surface area (Å²) in [6, 6.07) is 7.72. The lowest BCUT2D eigenvalue weighted by atomic mass is 9.91. The van der Waals surface area contributed by atoms with E-state index in [1.165, 1.54) is 37.7 Å². The first-order chi connectivity index (χ1) is 17.2. The highest BCUT2D eigenvalue weighted by Gasteiger charge is 2.28. The number of benzene rings is 1. The Morgan fingerprint density at radius 2 is 1.72 bits per heavy atom. The van der Waals surface area contributed by atoms with E-state index in [2.05, 4.69) is 27.7 Å². The fraction of sp³-hybridized carbons (Fsp3) is 0.714. The lowest BCUT2D eigenvalue weighted by Gasteiger charge is -2.33. The van der Waals surface area contributed by atoms with Gasteiger partial charge in [0.1, 0.15) is 17.4 Å². The predicted octanol–water partition coefficient (Wildman–Crippen LogP) is 4.98. The molecular weight excluding hydrogens is 474 g/mol. The molecule has 2 fully saturated rings. The number of hydrogen-bond donors (Lipinski definition) is 2. The van der Waals surface area contributed by atoms with Crippen molar-refractivity contribution in [3.8, 4) is 5.75 Å². The van der Waals surface area contributed by atoms with Crippen LogP contribution in [0.5, 0.6) is 5.75 Å². The second-order valence-electron chi connectivity index (χ2n) is 11.1. The first-order valence-corrected chi connectivity index (χ1v) is 14.6. The zero-order valence-corrected chi connectivity index (χ0v) is 23.3. The van der Waals surface area contributed by atoms with E-state index in [0.29, 0.717) is 5.75 Å². The summed E-state index contributed by atoms with van der Waals surface area (Å²) in [4.78, 5) is 28.1. The first kappa shape index (κ1) is 28.6. The highest BCUT2D eigenvalue weighted by molar-refractivity contribution is 7.99. The van der Waals surface area contributed by atoms with E-state index in [1.807, 2.05) is 32.9 Å². The average molecular weight is 520 g/mol. The lowest BCUT2D eigenvalue weighted by molar-refractivity contribution is -0.123. The van der Waals surface area contributed by atoms with Crippen LogP contribution in [0.25, 0.3) is 0 Å². The van der Waals surface area contributed by atoms with Crippen molar-refractivity contribution in [2.75, 3.05) is 31.7 Å². The van der Waals surface area contributed by atoms with Crippen LogP contribution in [-0.4, -0.2) is 66.3 Å². The quantitative estimate of drug-likeness (QED) is 0.454. The topological polar surface area (TPSA) is 79.9 Å². The number of hydrogen-bond acceptors (Lipinski definition) is 6. The Kier molecular flexibility index (Phi) is 11.2. The molecule has 1 aliphatic heterocycles. The largest absolute Gasteiger partial charge is 0.497 e. The monoisotopic (exact) mass is 519 g/mol. The number of amides is 2. The maximum atomic E-state index is 13.2. The Hall–Kier alpha value is -1.93. The summed E-state index contributed by atoms with van der Waals surface area (Å²) in [6.45, 7) is 8.25. The third kappa shape index (κ3) is 10.2. The van der Waals surface area contributed by atoms with Gasteiger partial charge in [0.2, 0.25) is 5.91 Å². The number of thioether (sulfide) groups is 1. The van der Waals surface area contributed by atoms with Crippen LogP contribution in [0.15, 0.2) is 24.3 Å². The van der Waals surface area contributed by atoms with Gasteiger partial charge in [-0.3, -0.25) is 9.69 Å². The van der Waals surface area contributed by atoms with Crippen molar-refractivity contribution in [1.82, 2.24) is 15.5 Å². The number of rotatable bonds is 10. The molecule has 1 saturated heterocycles. The highest BCUT2D eigenvalue weighted by Crippen LogP contribution is 2.27. The van der Waals surface area contributed by atoms with Crippen molar-refractivity contribution in [3.05, 3.63) is 29.8 Å². The van der Waals surface area contributed by atoms with Gasteiger partial charge in [-0.1, -0.05) is 31.4 Å². The van der Waals surface area contributed by atoms with E-state index in [4.69, 9.17) is 9.47 Å². The van der Waals surface area contributed by atoms with E-state index in [9.17, 15) is 9.59 Å². The van der Waals surface area contributed by atoms with Gasteiger partial charge in [-0.25, -0.2) is 4.79 Å². The van der Waals surface area contributed by atoms with Crippen LogP contribution >= 0.6 is 11.8 Å². The molecule has 202 valence electrons. The second-order valence-corrected chi connectivity index (χ2v) is 12.2. The molecule has 3 rings (SSSR count). The molecule has 0 unspecified atom stereocenters. The Labute approximate surface area is 221 Å². The molecule has 1 heterocycles. The van der Waals surface area contributed by atoms with E-state index < -0.39 is 17.7 Å². The molecule has 8 heteroatoms. The summed E-state index contributed by atoms with van der Waals surface area (Å²) in [5, 5.41) is 6.05. The van der Waals surface area contributed by atoms with Crippen LogP contribution in [-0.2, 0) is 16.1 Å². The number of methoxy groups -OCH3 is 1. The Balaban J connectivity index is 1.47. The van der Waals surface area contributed by atoms with Gasteiger partial charge < -0.3 is 20.1 Å². The van der Waals surface area contributed by atoms with Crippen molar-refractivity contribution < 1.29 is 19.1 Å². The van der Waals surface area contributed by atoms with Crippen LogP contribution in [0.2, 0.25) is 0 Å². The molecule has 1 atom stereocenters. The summed E-state index contributed by atoms with van der Waals surface area (Å²) in [5.74, 6) is 3.10. The molecule has 36 heavy (non-hydrogen) atoms. The number of piperidine rings is 1. The Bertz CT molecular complexity index is 813. The molecule has 0 bridgehead atoms. The van der Waals surface area contributed by atoms with Gasteiger partial charge in [0, 0.05) is 31.4 Å². The van der Waals surface area contributed by atoms with Crippen LogP contribution in [0, 0.1) is 5.92 Å². The van der Waals surface area contributed by atoms with Crippen molar-refractivity contribution in [1.29, 1.82) is 0 Å². The molecule has 0 spiro atoms. The van der Waals surface area contributed by atoms with Gasteiger partial charge in [-0.15, -0.1) is 0 Å².